The van der Waals surface area contributed by atoms with Crippen molar-refractivity contribution in [3.05, 3.63) is 97.5 Å². The second-order valence-electron chi connectivity index (χ2n) is 7.77. The molecule has 0 bridgehead atoms. The molecule has 0 spiro atoms. The third-order valence-corrected chi connectivity index (χ3v) is 5.53. The van der Waals surface area contributed by atoms with Crippen LogP contribution in [0.25, 0.3) is 69.1 Å². The third-order valence-electron chi connectivity index (χ3n) is 5.53. The van der Waals surface area contributed by atoms with Gasteiger partial charge in [0.2, 0.25) is 0 Å². The Labute approximate surface area is 197 Å². The van der Waals surface area contributed by atoms with E-state index in [-0.39, 0.29) is 0 Å². The summed E-state index contributed by atoms with van der Waals surface area (Å²) in [6.07, 6.45) is 3.21. The van der Waals surface area contributed by atoms with E-state index in [1.807, 2.05) is 84.9 Å². The van der Waals surface area contributed by atoms with Gasteiger partial charge < -0.3 is 30.9 Å². The molecule has 35 heavy (non-hydrogen) atoms. The van der Waals surface area contributed by atoms with Crippen LogP contribution in [0, 0.1) is 0 Å². The lowest BCUT2D eigenvalue weighted by atomic mass is 10.3. The van der Waals surface area contributed by atoms with Crippen LogP contribution in [-0.4, -0.2) is 0 Å². The standard InChI is InChI=1S/C28H16O7/c1-3-17(29-15-1)19-5-7-21(31-19)23-9-11-25(33-23)27-13-14-28(35-27)26-12-10-24(34-26)22-8-6-20(32-22)18-4-2-16-30-18/h1-16H. The molecule has 0 aliphatic heterocycles. The highest BCUT2D eigenvalue weighted by atomic mass is 16.4. The van der Waals surface area contributed by atoms with Gasteiger partial charge in [0.1, 0.15) is 0 Å². The summed E-state index contributed by atoms with van der Waals surface area (Å²) in [5.74, 6) is 7.21. The Kier molecular flexibility index (Phi) is 4.32. The zero-order valence-corrected chi connectivity index (χ0v) is 18.1. The molecule has 0 unspecified atom stereocenters. The molecule has 7 heteroatoms. The first-order chi connectivity index (χ1) is 17.3. The van der Waals surface area contributed by atoms with Crippen LogP contribution in [0.3, 0.4) is 0 Å². The summed E-state index contributed by atoms with van der Waals surface area (Å²) in [6, 6.07) is 25.7. The summed E-state index contributed by atoms with van der Waals surface area (Å²) in [5.41, 5.74) is 0. The highest BCUT2D eigenvalue weighted by Gasteiger charge is 2.18. The molecule has 0 aromatic carbocycles. The molecule has 0 radical (unpaired) electrons. The summed E-state index contributed by atoms with van der Waals surface area (Å²) in [4.78, 5) is 0. The fraction of sp³-hybridized carbons (Fsp3) is 0. The van der Waals surface area contributed by atoms with Crippen molar-refractivity contribution in [3.8, 4) is 69.1 Å². The van der Waals surface area contributed by atoms with Crippen molar-refractivity contribution in [2.75, 3.05) is 0 Å². The van der Waals surface area contributed by atoms with Gasteiger partial charge in [-0.25, -0.2) is 0 Å². The Balaban J connectivity index is 1.11. The molecule has 0 atom stereocenters. The molecule has 0 amide bonds. The van der Waals surface area contributed by atoms with E-state index in [9.17, 15) is 0 Å². The molecular weight excluding hydrogens is 448 g/mol. The van der Waals surface area contributed by atoms with Gasteiger partial charge in [-0.05, 0) is 84.9 Å². The fourth-order valence-corrected chi connectivity index (χ4v) is 3.85. The third kappa shape index (κ3) is 3.46. The topological polar surface area (TPSA) is 92.0 Å². The second kappa shape index (κ2) is 7.78. The van der Waals surface area contributed by atoms with Gasteiger partial charge in [0, 0.05) is 0 Å². The van der Waals surface area contributed by atoms with Crippen LogP contribution in [0.5, 0.6) is 0 Å². The summed E-state index contributed by atoms with van der Waals surface area (Å²) in [7, 11) is 0. The molecule has 0 N–H and O–H groups in total. The van der Waals surface area contributed by atoms with Crippen LogP contribution in [0.4, 0.5) is 0 Å². The SMILES string of the molecule is c1coc(-c2ccc(-c3ccc(-c4ccc(-c5ccc(-c6ccc(-c7ccco7)o6)o5)o4)o3)o2)c1. The zero-order chi connectivity index (χ0) is 23.2. The molecule has 7 rings (SSSR count). The van der Waals surface area contributed by atoms with Crippen molar-refractivity contribution in [1.82, 2.24) is 0 Å². The lowest BCUT2D eigenvalue weighted by Gasteiger charge is -1.94. The molecule has 170 valence electrons. The predicted molar refractivity (Wildman–Crippen MR) is 125 cm³/mol. The average molecular weight is 464 g/mol. The van der Waals surface area contributed by atoms with Gasteiger partial charge in [0.05, 0.1) is 12.5 Å². The number of rotatable bonds is 6. The Morgan fingerprint density at radius 2 is 0.486 bits per heavy atom. The minimum absolute atomic E-state index is 0.570. The minimum Gasteiger partial charge on any atom is -0.461 e. The largest absolute Gasteiger partial charge is 0.461 e. The van der Waals surface area contributed by atoms with E-state index in [0.29, 0.717) is 69.1 Å². The lowest BCUT2D eigenvalue weighted by Crippen LogP contribution is -1.69. The van der Waals surface area contributed by atoms with Crippen LogP contribution in [-0.2, 0) is 0 Å². The van der Waals surface area contributed by atoms with E-state index >= 15 is 0 Å². The van der Waals surface area contributed by atoms with E-state index in [4.69, 9.17) is 30.9 Å². The van der Waals surface area contributed by atoms with Gasteiger partial charge in [0.15, 0.2) is 69.1 Å². The van der Waals surface area contributed by atoms with Crippen molar-refractivity contribution < 1.29 is 30.9 Å². The first kappa shape index (κ1) is 19.4. The predicted octanol–water partition coefficient (Wildman–Crippen LogP) is 8.84. The molecule has 7 aromatic heterocycles. The van der Waals surface area contributed by atoms with Gasteiger partial charge in [-0.2, -0.15) is 0 Å². The Hall–Kier alpha value is -5.04. The molecule has 7 nitrogen and oxygen atoms in total. The first-order valence-corrected chi connectivity index (χ1v) is 10.9. The molecule has 0 saturated heterocycles. The molecule has 0 fully saturated rings. The Bertz CT molecular complexity index is 1570. The van der Waals surface area contributed by atoms with E-state index in [1.54, 1.807) is 12.5 Å². The van der Waals surface area contributed by atoms with Crippen molar-refractivity contribution in [2.45, 2.75) is 0 Å². The summed E-state index contributed by atoms with van der Waals surface area (Å²) < 4.78 is 40.4. The summed E-state index contributed by atoms with van der Waals surface area (Å²) >= 11 is 0. The van der Waals surface area contributed by atoms with Crippen molar-refractivity contribution in [1.29, 1.82) is 0 Å². The van der Waals surface area contributed by atoms with E-state index in [1.165, 1.54) is 0 Å². The zero-order valence-electron chi connectivity index (χ0n) is 18.1. The van der Waals surface area contributed by atoms with Crippen molar-refractivity contribution >= 4 is 0 Å². The lowest BCUT2D eigenvalue weighted by molar-refractivity contribution is 0.492. The van der Waals surface area contributed by atoms with Crippen molar-refractivity contribution in [2.24, 2.45) is 0 Å². The normalized spacial score (nSPS) is 11.4. The molecule has 0 aliphatic carbocycles. The van der Waals surface area contributed by atoms with Crippen LogP contribution >= 0.6 is 0 Å². The monoisotopic (exact) mass is 464 g/mol. The van der Waals surface area contributed by atoms with Crippen LogP contribution in [0.15, 0.2) is 128 Å². The number of furan rings is 7. The number of hydrogen-bond acceptors (Lipinski definition) is 7. The maximum Gasteiger partial charge on any atom is 0.170 e. The van der Waals surface area contributed by atoms with Gasteiger partial charge >= 0.3 is 0 Å². The fourth-order valence-electron chi connectivity index (χ4n) is 3.85. The maximum absolute atomic E-state index is 6.00. The average Bonchev–Trinajstić information content (AvgIpc) is 3.71. The highest BCUT2D eigenvalue weighted by Crippen LogP contribution is 2.37. The quantitative estimate of drug-likeness (QED) is 0.243. The van der Waals surface area contributed by atoms with Gasteiger partial charge in [-0.1, -0.05) is 0 Å². The Morgan fingerprint density at radius 3 is 0.686 bits per heavy atom. The van der Waals surface area contributed by atoms with E-state index in [2.05, 4.69) is 0 Å². The molecular formula is C28H16O7. The second-order valence-corrected chi connectivity index (χ2v) is 7.77. The van der Waals surface area contributed by atoms with Gasteiger partial charge in [-0.15, -0.1) is 0 Å². The Morgan fingerprint density at radius 1 is 0.257 bits per heavy atom. The van der Waals surface area contributed by atoms with E-state index < -0.39 is 0 Å². The molecule has 0 aliphatic rings. The smallest absolute Gasteiger partial charge is 0.170 e. The van der Waals surface area contributed by atoms with Gasteiger partial charge in [-0.3, -0.25) is 0 Å². The summed E-state index contributed by atoms with van der Waals surface area (Å²) in [5, 5.41) is 0. The van der Waals surface area contributed by atoms with Crippen LogP contribution in [0.1, 0.15) is 0 Å². The minimum atomic E-state index is 0.570. The highest BCUT2D eigenvalue weighted by molar-refractivity contribution is 5.65. The molecule has 0 saturated carbocycles. The van der Waals surface area contributed by atoms with E-state index in [0.717, 1.165) is 0 Å². The van der Waals surface area contributed by atoms with Crippen LogP contribution in [0.2, 0.25) is 0 Å². The van der Waals surface area contributed by atoms with Crippen molar-refractivity contribution in [3.63, 3.8) is 0 Å². The molecule has 7 aromatic rings. The van der Waals surface area contributed by atoms with Gasteiger partial charge in [0.25, 0.3) is 0 Å². The maximum atomic E-state index is 6.00. The molecule has 7 heterocycles. The number of hydrogen-bond donors (Lipinski definition) is 0. The van der Waals surface area contributed by atoms with Crippen LogP contribution < -0.4 is 0 Å². The first-order valence-electron chi connectivity index (χ1n) is 10.9. The summed E-state index contributed by atoms with van der Waals surface area (Å²) in [6.45, 7) is 0.